The van der Waals surface area contributed by atoms with Gasteiger partial charge in [0, 0.05) is 17.5 Å². The lowest BCUT2D eigenvalue weighted by atomic mass is 9.93. The van der Waals surface area contributed by atoms with Gasteiger partial charge in [0.15, 0.2) is 11.5 Å². The highest BCUT2D eigenvalue weighted by atomic mass is 19.1. The van der Waals surface area contributed by atoms with Gasteiger partial charge in [0.1, 0.15) is 5.82 Å². The summed E-state index contributed by atoms with van der Waals surface area (Å²) in [5, 5.41) is 7.52. The van der Waals surface area contributed by atoms with Crippen LogP contribution in [0.25, 0.3) is 11.4 Å². The van der Waals surface area contributed by atoms with Crippen molar-refractivity contribution in [3.8, 4) is 22.9 Å². The molecule has 3 aromatic rings. The van der Waals surface area contributed by atoms with E-state index in [9.17, 15) is 4.39 Å². The second-order valence-electron chi connectivity index (χ2n) is 7.70. The molecule has 2 heterocycles. The molecule has 0 atom stereocenters. The fourth-order valence-electron chi connectivity index (χ4n) is 3.23. The molecule has 6 nitrogen and oxygen atoms in total. The molecule has 152 valence electrons. The third-order valence-corrected chi connectivity index (χ3v) is 5.13. The quantitative estimate of drug-likeness (QED) is 0.597. The Kier molecular flexibility index (Phi) is 5.24. The minimum Gasteiger partial charge on any atom is -0.454 e. The van der Waals surface area contributed by atoms with Gasteiger partial charge in [-0.05, 0) is 63.1 Å². The van der Waals surface area contributed by atoms with Crippen molar-refractivity contribution < 1.29 is 18.4 Å². The number of hydrogen-bond acceptors (Lipinski definition) is 6. The number of aryl methyl sites for hydroxylation is 2. The van der Waals surface area contributed by atoms with Crippen LogP contribution in [0.15, 0.2) is 40.9 Å². The first-order valence-corrected chi connectivity index (χ1v) is 9.67. The molecular formula is C22H24FN3O3. The molecule has 7 heteroatoms. The molecule has 0 amide bonds. The van der Waals surface area contributed by atoms with Crippen LogP contribution in [0.5, 0.6) is 11.5 Å². The molecular weight excluding hydrogens is 373 g/mol. The van der Waals surface area contributed by atoms with Crippen molar-refractivity contribution in [3.05, 3.63) is 59.2 Å². The largest absolute Gasteiger partial charge is 0.454 e. The summed E-state index contributed by atoms with van der Waals surface area (Å²) in [6, 6.07) is 10.9. The SMILES string of the molecule is Cc1ccc(-c2noc(CCCNC(C)(C)c3ccc4c(c3)OCO4)n2)cc1F. The van der Waals surface area contributed by atoms with E-state index in [2.05, 4.69) is 29.3 Å². The first kappa shape index (κ1) is 19.4. The molecule has 1 aliphatic rings. The predicted octanol–water partition coefficient (Wildman–Crippen LogP) is 4.37. The maximum absolute atomic E-state index is 13.7. The standard InChI is InChI=1S/C22H24FN3O3/c1-14-6-7-15(11-17(14)23)21-25-20(29-26-21)5-4-10-24-22(2,3)16-8-9-18-19(12-16)28-13-27-18/h6-9,11-12,24H,4-5,10,13H2,1-3H3. The Labute approximate surface area is 169 Å². The average Bonchev–Trinajstić information content (AvgIpc) is 3.36. The summed E-state index contributed by atoms with van der Waals surface area (Å²) in [7, 11) is 0. The number of fused-ring (bicyclic) bond motifs is 1. The summed E-state index contributed by atoms with van der Waals surface area (Å²) in [6.45, 7) is 7.02. The first-order valence-electron chi connectivity index (χ1n) is 9.67. The van der Waals surface area contributed by atoms with Gasteiger partial charge in [0.25, 0.3) is 0 Å². The van der Waals surface area contributed by atoms with E-state index in [1.54, 1.807) is 19.1 Å². The second kappa shape index (κ2) is 7.83. The summed E-state index contributed by atoms with van der Waals surface area (Å²) in [4.78, 5) is 4.38. The van der Waals surface area contributed by atoms with Gasteiger partial charge in [0.2, 0.25) is 18.5 Å². The Morgan fingerprint density at radius 2 is 1.93 bits per heavy atom. The molecule has 1 aromatic heterocycles. The molecule has 2 aromatic carbocycles. The number of nitrogens with one attached hydrogen (secondary N) is 1. The summed E-state index contributed by atoms with van der Waals surface area (Å²) < 4.78 is 29.9. The third-order valence-electron chi connectivity index (χ3n) is 5.13. The number of rotatable bonds is 7. The zero-order chi connectivity index (χ0) is 20.4. The summed E-state index contributed by atoms with van der Waals surface area (Å²) in [6.07, 6.45) is 1.48. The van der Waals surface area contributed by atoms with Crippen molar-refractivity contribution in [1.29, 1.82) is 0 Å². The monoisotopic (exact) mass is 397 g/mol. The minimum absolute atomic E-state index is 0.222. The van der Waals surface area contributed by atoms with Crippen molar-refractivity contribution in [1.82, 2.24) is 15.5 Å². The van der Waals surface area contributed by atoms with Crippen LogP contribution in [0.1, 0.15) is 37.3 Å². The predicted molar refractivity (Wildman–Crippen MR) is 106 cm³/mol. The van der Waals surface area contributed by atoms with Crippen LogP contribution in [0, 0.1) is 12.7 Å². The molecule has 0 spiro atoms. The van der Waals surface area contributed by atoms with Crippen LogP contribution in [-0.4, -0.2) is 23.5 Å². The lowest BCUT2D eigenvalue weighted by Gasteiger charge is -2.27. The molecule has 0 saturated heterocycles. The van der Waals surface area contributed by atoms with Crippen molar-refractivity contribution in [3.63, 3.8) is 0 Å². The number of halogens is 1. The van der Waals surface area contributed by atoms with Gasteiger partial charge in [0.05, 0.1) is 0 Å². The van der Waals surface area contributed by atoms with E-state index in [-0.39, 0.29) is 18.1 Å². The Balaban J connectivity index is 1.31. The normalized spacial score (nSPS) is 13.1. The van der Waals surface area contributed by atoms with E-state index in [0.717, 1.165) is 30.0 Å². The first-order chi connectivity index (χ1) is 13.9. The Morgan fingerprint density at radius 3 is 2.76 bits per heavy atom. The van der Waals surface area contributed by atoms with E-state index in [1.165, 1.54) is 6.07 Å². The van der Waals surface area contributed by atoms with Gasteiger partial charge < -0.3 is 19.3 Å². The zero-order valence-electron chi connectivity index (χ0n) is 16.8. The number of benzene rings is 2. The lowest BCUT2D eigenvalue weighted by Crippen LogP contribution is -2.37. The molecule has 0 unspecified atom stereocenters. The van der Waals surface area contributed by atoms with Crippen molar-refractivity contribution in [2.75, 3.05) is 13.3 Å². The molecule has 4 rings (SSSR count). The van der Waals surface area contributed by atoms with Gasteiger partial charge in [-0.15, -0.1) is 0 Å². The fraction of sp³-hybridized carbons (Fsp3) is 0.364. The molecule has 0 aliphatic carbocycles. The Morgan fingerprint density at radius 1 is 1.10 bits per heavy atom. The van der Waals surface area contributed by atoms with Crippen LogP contribution in [0.4, 0.5) is 4.39 Å². The van der Waals surface area contributed by atoms with Gasteiger partial charge in [-0.25, -0.2) is 4.39 Å². The smallest absolute Gasteiger partial charge is 0.231 e. The highest BCUT2D eigenvalue weighted by molar-refractivity contribution is 5.54. The van der Waals surface area contributed by atoms with Gasteiger partial charge >= 0.3 is 0 Å². The summed E-state index contributed by atoms with van der Waals surface area (Å²) in [5.41, 5.74) is 2.11. The lowest BCUT2D eigenvalue weighted by molar-refractivity contribution is 0.174. The van der Waals surface area contributed by atoms with Gasteiger partial charge in [-0.2, -0.15) is 4.98 Å². The number of aromatic nitrogens is 2. The maximum atomic E-state index is 13.7. The van der Waals surface area contributed by atoms with E-state index < -0.39 is 0 Å². The van der Waals surface area contributed by atoms with E-state index >= 15 is 0 Å². The molecule has 0 saturated carbocycles. The summed E-state index contributed by atoms with van der Waals surface area (Å²) in [5.74, 6) is 2.24. The fourth-order valence-corrected chi connectivity index (χ4v) is 3.23. The van der Waals surface area contributed by atoms with Crippen molar-refractivity contribution in [2.24, 2.45) is 0 Å². The molecule has 0 bridgehead atoms. The van der Waals surface area contributed by atoms with Crippen LogP contribution in [0.3, 0.4) is 0 Å². The van der Waals surface area contributed by atoms with Crippen LogP contribution < -0.4 is 14.8 Å². The van der Waals surface area contributed by atoms with E-state index in [0.29, 0.717) is 29.3 Å². The van der Waals surface area contributed by atoms with Gasteiger partial charge in [-0.3, -0.25) is 0 Å². The third kappa shape index (κ3) is 4.24. The Bertz CT molecular complexity index is 1020. The number of ether oxygens (including phenoxy) is 2. The maximum Gasteiger partial charge on any atom is 0.231 e. The van der Waals surface area contributed by atoms with Gasteiger partial charge in [-0.1, -0.05) is 23.4 Å². The van der Waals surface area contributed by atoms with Crippen LogP contribution >= 0.6 is 0 Å². The Hall–Kier alpha value is -2.93. The zero-order valence-corrected chi connectivity index (χ0v) is 16.8. The van der Waals surface area contributed by atoms with Crippen LogP contribution in [-0.2, 0) is 12.0 Å². The molecule has 0 fully saturated rings. The topological polar surface area (TPSA) is 69.4 Å². The molecule has 0 radical (unpaired) electrons. The molecule has 29 heavy (non-hydrogen) atoms. The van der Waals surface area contributed by atoms with Crippen molar-refractivity contribution in [2.45, 2.75) is 39.2 Å². The minimum atomic E-state index is -0.274. The average molecular weight is 397 g/mol. The number of nitrogens with zero attached hydrogens (tertiary/aromatic N) is 2. The van der Waals surface area contributed by atoms with E-state index in [1.807, 2.05) is 18.2 Å². The molecule has 1 N–H and O–H groups in total. The number of hydrogen-bond donors (Lipinski definition) is 1. The highest BCUT2D eigenvalue weighted by Gasteiger charge is 2.23. The van der Waals surface area contributed by atoms with E-state index in [4.69, 9.17) is 14.0 Å². The van der Waals surface area contributed by atoms with Crippen molar-refractivity contribution >= 4 is 0 Å². The highest BCUT2D eigenvalue weighted by Crippen LogP contribution is 2.35. The molecule has 1 aliphatic heterocycles. The second-order valence-corrected chi connectivity index (χ2v) is 7.70. The van der Waals surface area contributed by atoms with Crippen LogP contribution in [0.2, 0.25) is 0 Å². The summed E-state index contributed by atoms with van der Waals surface area (Å²) >= 11 is 0.